The molecule has 4 rings (SSSR count). The Kier molecular flexibility index (Phi) is 3.72. The van der Waals surface area contributed by atoms with Crippen molar-refractivity contribution in [1.29, 1.82) is 0 Å². The second kappa shape index (κ2) is 6.01. The first-order valence-electron chi connectivity index (χ1n) is 6.65. The minimum atomic E-state index is 0.226. The van der Waals surface area contributed by atoms with E-state index in [0.717, 1.165) is 20.0 Å². The quantitative estimate of drug-likeness (QED) is 0.534. The number of benzene rings is 1. The van der Waals surface area contributed by atoms with Crippen LogP contribution in [0.3, 0.4) is 0 Å². The molecule has 0 atom stereocenters. The van der Waals surface area contributed by atoms with Gasteiger partial charge in [0.1, 0.15) is 5.01 Å². The van der Waals surface area contributed by atoms with Crippen LogP contribution in [-0.2, 0) is 6.61 Å². The van der Waals surface area contributed by atoms with Crippen LogP contribution in [0.1, 0.15) is 5.82 Å². The third kappa shape index (κ3) is 2.92. The average molecular weight is 389 g/mol. The number of aromatic nitrogens is 6. The zero-order valence-corrected chi connectivity index (χ0v) is 14.0. The number of halogens is 1. The summed E-state index contributed by atoms with van der Waals surface area (Å²) in [5.74, 6) is 1.05. The number of fused-ring (bicyclic) bond motifs is 1. The fourth-order valence-electron chi connectivity index (χ4n) is 1.96. The third-order valence-corrected chi connectivity index (χ3v) is 4.51. The maximum Gasteiger partial charge on any atom is 0.235 e. The average Bonchev–Trinajstić information content (AvgIpc) is 3.15. The predicted molar refractivity (Wildman–Crippen MR) is 88.2 cm³/mol. The number of hydrogen-bond acceptors (Lipinski definition) is 7. The highest BCUT2D eigenvalue weighted by Gasteiger charge is 2.13. The van der Waals surface area contributed by atoms with Crippen molar-refractivity contribution in [2.24, 2.45) is 0 Å². The molecule has 0 fully saturated rings. The highest BCUT2D eigenvalue weighted by Crippen LogP contribution is 2.26. The van der Waals surface area contributed by atoms with E-state index in [9.17, 15) is 0 Å². The smallest absolute Gasteiger partial charge is 0.235 e. The van der Waals surface area contributed by atoms with Crippen LogP contribution >= 0.6 is 27.3 Å². The van der Waals surface area contributed by atoms with E-state index in [0.29, 0.717) is 11.7 Å². The lowest BCUT2D eigenvalue weighted by atomic mass is 10.2. The summed E-state index contributed by atoms with van der Waals surface area (Å²) in [6.45, 7) is 0.226. The molecule has 4 aromatic rings. The fourth-order valence-corrected chi connectivity index (χ4v) is 3.08. The standard InChI is InChI=1S/C14H9BrN6OS/c15-10-3-1-9(2-4-10)13-20-21-11(18-19-14(21)23-13)8-22-12-7-16-5-6-17-12/h1-7H,8H2. The van der Waals surface area contributed by atoms with E-state index >= 15 is 0 Å². The number of nitrogens with zero attached hydrogens (tertiary/aromatic N) is 6. The van der Waals surface area contributed by atoms with Gasteiger partial charge in [0.15, 0.2) is 12.4 Å². The molecule has 23 heavy (non-hydrogen) atoms. The van der Waals surface area contributed by atoms with Gasteiger partial charge in [-0.15, -0.1) is 10.2 Å². The van der Waals surface area contributed by atoms with Crippen molar-refractivity contribution in [2.75, 3.05) is 0 Å². The van der Waals surface area contributed by atoms with Gasteiger partial charge in [-0.2, -0.15) is 9.61 Å². The van der Waals surface area contributed by atoms with Crippen LogP contribution in [0.25, 0.3) is 15.5 Å². The summed E-state index contributed by atoms with van der Waals surface area (Å²) in [5, 5.41) is 13.7. The van der Waals surface area contributed by atoms with Crippen LogP contribution in [0.5, 0.6) is 5.88 Å². The van der Waals surface area contributed by atoms with Crippen LogP contribution in [0, 0.1) is 0 Å². The largest absolute Gasteiger partial charge is 0.468 e. The lowest BCUT2D eigenvalue weighted by Gasteiger charge is -2.01. The van der Waals surface area contributed by atoms with Gasteiger partial charge in [0, 0.05) is 22.4 Å². The van der Waals surface area contributed by atoms with E-state index in [1.165, 1.54) is 11.3 Å². The van der Waals surface area contributed by atoms with Gasteiger partial charge < -0.3 is 4.74 Å². The summed E-state index contributed by atoms with van der Waals surface area (Å²) in [5.41, 5.74) is 1.03. The molecule has 0 saturated heterocycles. The summed E-state index contributed by atoms with van der Waals surface area (Å²) in [4.78, 5) is 8.73. The molecule has 0 bridgehead atoms. The highest BCUT2D eigenvalue weighted by atomic mass is 79.9. The lowest BCUT2D eigenvalue weighted by molar-refractivity contribution is 0.280. The van der Waals surface area contributed by atoms with E-state index in [1.807, 2.05) is 24.3 Å². The zero-order valence-electron chi connectivity index (χ0n) is 11.6. The molecule has 3 aromatic heterocycles. The molecule has 0 aliphatic rings. The number of ether oxygens (including phenoxy) is 1. The maximum atomic E-state index is 5.55. The Morgan fingerprint density at radius 3 is 2.78 bits per heavy atom. The Labute approximate surface area is 143 Å². The topological polar surface area (TPSA) is 78.1 Å². The molecule has 0 spiro atoms. The summed E-state index contributed by atoms with van der Waals surface area (Å²) in [7, 11) is 0. The van der Waals surface area contributed by atoms with E-state index < -0.39 is 0 Å². The van der Waals surface area contributed by atoms with Gasteiger partial charge in [0.05, 0.1) is 6.20 Å². The van der Waals surface area contributed by atoms with Crippen molar-refractivity contribution in [2.45, 2.75) is 6.61 Å². The second-order valence-corrected chi connectivity index (χ2v) is 6.43. The Balaban J connectivity index is 1.60. The second-order valence-electron chi connectivity index (χ2n) is 4.56. The first-order valence-corrected chi connectivity index (χ1v) is 8.26. The number of rotatable bonds is 4. The van der Waals surface area contributed by atoms with Gasteiger partial charge in [0.25, 0.3) is 0 Å². The molecule has 9 heteroatoms. The zero-order chi connectivity index (χ0) is 15.6. The molecule has 0 aliphatic carbocycles. The maximum absolute atomic E-state index is 5.55. The van der Waals surface area contributed by atoms with Crippen molar-refractivity contribution in [3.63, 3.8) is 0 Å². The Morgan fingerprint density at radius 1 is 1.13 bits per heavy atom. The van der Waals surface area contributed by atoms with Crippen LogP contribution < -0.4 is 4.74 Å². The molecule has 0 radical (unpaired) electrons. The van der Waals surface area contributed by atoms with E-state index in [-0.39, 0.29) is 6.61 Å². The molecule has 3 heterocycles. The van der Waals surface area contributed by atoms with Gasteiger partial charge in [-0.25, -0.2) is 4.98 Å². The van der Waals surface area contributed by atoms with Gasteiger partial charge in [-0.3, -0.25) is 4.98 Å². The fraction of sp³-hybridized carbons (Fsp3) is 0.0714. The monoisotopic (exact) mass is 388 g/mol. The van der Waals surface area contributed by atoms with Crippen LogP contribution in [0.15, 0.2) is 47.3 Å². The molecular formula is C14H9BrN6OS. The van der Waals surface area contributed by atoms with Crippen LogP contribution in [0.4, 0.5) is 0 Å². The highest BCUT2D eigenvalue weighted by molar-refractivity contribution is 9.10. The molecule has 1 aromatic carbocycles. The van der Waals surface area contributed by atoms with Gasteiger partial charge in [0.2, 0.25) is 10.8 Å². The van der Waals surface area contributed by atoms with Crippen molar-refractivity contribution in [3.05, 3.63) is 53.2 Å². The SMILES string of the molecule is Brc1ccc(-c2nn3c(COc4cnccn4)nnc3s2)cc1. The first kappa shape index (κ1) is 14.2. The lowest BCUT2D eigenvalue weighted by Crippen LogP contribution is -2.03. The molecule has 0 saturated carbocycles. The molecule has 0 N–H and O–H groups in total. The molecule has 114 valence electrons. The number of hydrogen-bond donors (Lipinski definition) is 0. The summed E-state index contributed by atoms with van der Waals surface area (Å²) < 4.78 is 8.27. The first-order chi connectivity index (χ1) is 11.3. The van der Waals surface area contributed by atoms with Crippen LogP contribution in [0.2, 0.25) is 0 Å². The van der Waals surface area contributed by atoms with Crippen LogP contribution in [-0.4, -0.2) is 29.8 Å². The minimum Gasteiger partial charge on any atom is -0.468 e. The summed E-state index contributed by atoms with van der Waals surface area (Å²) in [6, 6.07) is 7.97. The Hall–Kier alpha value is -2.39. The van der Waals surface area contributed by atoms with E-state index in [2.05, 4.69) is 41.2 Å². The van der Waals surface area contributed by atoms with Crippen molar-refractivity contribution < 1.29 is 4.74 Å². The predicted octanol–water partition coefficient (Wildman–Crippen LogP) is 2.98. The van der Waals surface area contributed by atoms with Gasteiger partial charge in [-0.1, -0.05) is 39.4 Å². The molecule has 7 nitrogen and oxygen atoms in total. The normalized spacial score (nSPS) is 11.0. The third-order valence-electron chi connectivity index (χ3n) is 3.04. The summed E-state index contributed by atoms with van der Waals surface area (Å²) >= 11 is 4.91. The molecule has 0 aliphatic heterocycles. The van der Waals surface area contributed by atoms with E-state index in [4.69, 9.17) is 4.74 Å². The van der Waals surface area contributed by atoms with Crippen molar-refractivity contribution >= 4 is 32.2 Å². The Morgan fingerprint density at radius 2 is 2.00 bits per heavy atom. The van der Waals surface area contributed by atoms with E-state index in [1.54, 1.807) is 23.1 Å². The Bertz CT molecular complexity index is 937. The van der Waals surface area contributed by atoms with Gasteiger partial charge >= 0.3 is 0 Å². The molecule has 0 unspecified atom stereocenters. The van der Waals surface area contributed by atoms with Gasteiger partial charge in [-0.05, 0) is 12.1 Å². The molecular weight excluding hydrogens is 380 g/mol. The van der Waals surface area contributed by atoms with Crippen molar-refractivity contribution in [3.8, 4) is 16.5 Å². The molecule has 0 amide bonds. The minimum absolute atomic E-state index is 0.226. The summed E-state index contributed by atoms with van der Waals surface area (Å²) in [6.07, 6.45) is 4.71. The van der Waals surface area contributed by atoms with Crippen molar-refractivity contribution in [1.82, 2.24) is 29.8 Å².